The molecule has 0 spiro atoms. The number of halogens is 3. The van der Waals surface area contributed by atoms with Gasteiger partial charge in [0, 0.05) is 19.7 Å². The standard InChI is InChI=1S/C13H20F3N3O/c1-4-9(2)19(5-6-20-3)11-7-12(13(14,15)16)18-8-10(11)17/h7-9H,4-6,17H2,1-3H3. The Bertz CT molecular complexity index is 437. The minimum atomic E-state index is -4.48. The topological polar surface area (TPSA) is 51.4 Å². The maximum Gasteiger partial charge on any atom is 0.433 e. The SMILES string of the molecule is CCC(C)N(CCOC)c1cc(C(F)(F)F)ncc1N. The summed E-state index contributed by atoms with van der Waals surface area (Å²) in [6, 6.07) is 1.05. The zero-order valence-electron chi connectivity index (χ0n) is 11.9. The number of hydrogen-bond donors (Lipinski definition) is 1. The van der Waals surface area contributed by atoms with Gasteiger partial charge in [0.05, 0.1) is 24.2 Å². The lowest BCUT2D eigenvalue weighted by Crippen LogP contribution is -2.36. The van der Waals surface area contributed by atoms with Crippen molar-refractivity contribution < 1.29 is 17.9 Å². The Balaban J connectivity index is 3.17. The molecule has 0 aromatic carbocycles. The Hall–Kier alpha value is -1.50. The Morgan fingerprint density at radius 2 is 2.10 bits per heavy atom. The number of rotatable bonds is 6. The van der Waals surface area contributed by atoms with E-state index in [1.165, 1.54) is 0 Å². The molecule has 0 bridgehead atoms. The summed E-state index contributed by atoms with van der Waals surface area (Å²) in [5, 5.41) is 0. The molecule has 0 radical (unpaired) electrons. The highest BCUT2D eigenvalue weighted by Gasteiger charge is 2.33. The van der Waals surface area contributed by atoms with Crippen molar-refractivity contribution in [2.75, 3.05) is 30.9 Å². The molecule has 4 nitrogen and oxygen atoms in total. The molecule has 1 atom stereocenters. The summed E-state index contributed by atoms with van der Waals surface area (Å²) in [6.45, 7) is 4.78. The summed E-state index contributed by atoms with van der Waals surface area (Å²) >= 11 is 0. The number of pyridine rings is 1. The van der Waals surface area contributed by atoms with Crippen LogP contribution in [-0.4, -0.2) is 31.3 Å². The molecule has 0 saturated carbocycles. The minimum absolute atomic E-state index is 0.0518. The number of ether oxygens (including phenoxy) is 1. The third-order valence-electron chi connectivity index (χ3n) is 3.17. The first-order valence-corrected chi connectivity index (χ1v) is 6.39. The molecular formula is C13H20F3N3O. The lowest BCUT2D eigenvalue weighted by Gasteiger charge is -2.31. The number of methoxy groups -OCH3 is 1. The largest absolute Gasteiger partial charge is 0.433 e. The number of anilines is 2. The van der Waals surface area contributed by atoms with Crippen molar-refractivity contribution in [2.45, 2.75) is 32.5 Å². The van der Waals surface area contributed by atoms with E-state index in [9.17, 15) is 13.2 Å². The molecule has 7 heteroatoms. The van der Waals surface area contributed by atoms with Crippen LogP contribution in [-0.2, 0) is 10.9 Å². The van der Waals surface area contributed by atoms with Crippen LogP contribution in [0.4, 0.5) is 24.5 Å². The first-order valence-electron chi connectivity index (χ1n) is 6.39. The Kier molecular flexibility index (Phi) is 5.62. The highest BCUT2D eigenvalue weighted by Crippen LogP contribution is 2.33. The van der Waals surface area contributed by atoms with E-state index in [1.807, 2.05) is 18.7 Å². The van der Waals surface area contributed by atoms with Crippen LogP contribution in [0.3, 0.4) is 0 Å². The van der Waals surface area contributed by atoms with E-state index in [-0.39, 0.29) is 11.7 Å². The number of nitrogen functional groups attached to an aromatic ring is 1. The number of alkyl halides is 3. The summed E-state index contributed by atoms with van der Waals surface area (Å²) in [5.74, 6) is 0. The van der Waals surface area contributed by atoms with Gasteiger partial charge < -0.3 is 15.4 Å². The van der Waals surface area contributed by atoms with Crippen molar-refractivity contribution in [3.05, 3.63) is 18.0 Å². The fourth-order valence-corrected chi connectivity index (χ4v) is 1.85. The average Bonchev–Trinajstić information content (AvgIpc) is 2.39. The molecule has 0 aliphatic heterocycles. The van der Waals surface area contributed by atoms with Crippen LogP contribution >= 0.6 is 0 Å². The molecule has 1 unspecified atom stereocenters. The summed E-state index contributed by atoms with van der Waals surface area (Å²) in [4.78, 5) is 5.17. The van der Waals surface area contributed by atoms with Gasteiger partial charge >= 0.3 is 6.18 Å². The van der Waals surface area contributed by atoms with Gasteiger partial charge in [-0.3, -0.25) is 0 Å². The van der Waals surface area contributed by atoms with Crippen molar-refractivity contribution in [1.82, 2.24) is 4.98 Å². The van der Waals surface area contributed by atoms with Gasteiger partial charge in [0.1, 0.15) is 5.69 Å². The smallest absolute Gasteiger partial charge is 0.396 e. The molecule has 0 fully saturated rings. The summed E-state index contributed by atoms with van der Waals surface area (Å²) < 4.78 is 43.3. The van der Waals surface area contributed by atoms with Crippen molar-refractivity contribution in [1.29, 1.82) is 0 Å². The second-order valence-electron chi connectivity index (χ2n) is 4.57. The highest BCUT2D eigenvalue weighted by molar-refractivity contribution is 5.67. The molecule has 0 amide bonds. The first kappa shape index (κ1) is 16.6. The van der Waals surface area contributed by atoms with E-state index >= 15 is 0 Å². The van der Waals surface area contributed by atoms with Crippen molar-refractivity contribution in [3.8, 4) is 0 Å². The lowest BCUT2D eigenvalue weighted by molar-refractivity contribution is -0.141. The summed E-state index contributed by atoms with van der Waals surface area (Å²) in [5.41, 5.74) is 5.42. The van der Waals surface area contributed by atoms with Crippen molar-refractivity contribution in [3.63, 3.8) is 0 Å². The molecule has 1 aromatic rings. The predicted octanol–water partition coefficient (Wildman–Crippen LogP) is 2.93. The molecule has 0 aliphatic carbocycles. The average molecular weight is 291 g/mol. The van der Waals surface area contributed by atoms with Gasteiger partial charge in [-0.2, -0.15) is 13.2 Å². The van der Waals surface area contributed by atoms with Gasteiger partial charge in [-0.1, -0.05) is 6.92 Å². The van der Waals surface area contributed by atoms with Crippen LogP contribution in [0.2, 0.25) is 0 Å². The van der Waals surface area contributed by atoms with Crippen LogP contribution in [0, 0.1) is 0 Å². The van der Waals surface area contributed by atoms with E-state index in [4.69, 9.17) is 10.5 Å². The minimum Gasteiger partial charge on any atom is -0.396 e. The van der Waals surface area contributed by atoms with E-state index in [2.05, 4.69) is 4.98 Å². The monoisotopic (exact) mass is 291 g/mol. The zero-order valence-corrected chi connectivity index (χ0v) is 11.9. The van der Waals surface area contributed by atoms with Gasteiger partial charge in [0.25, 0.3) is 0 Å². The maximum absolute atomic E-state index is 12.8. The fraction of sp³-hybridized carbons (Fsp3) is 0.615. The molecule has 2 N–H and O–H groups in total. The second kappa shape index (κ2) is 6.78. The summed E-state index contributed by atoms with van der Waals surface area (Å²) in [7, 11) is 1.55. The third kappa shape index (κ3) is 4.00. The molecule has 0 saturated heterocycles. The van der Waals surface area contributed by atoms with Crippen molar-refractivity contribution in [2.24, 2.45) is 0 Å². The van der Waals surface area contributed by atoms with Crippen LogP contribution in [0.25, 0.3) is 0 Å². The number of nitrogens with zero attached hydrogens (tertiary/aromatic N) is 2. The molecule has 1 heterocycles. The zero-order chi connectivity index (χ0) is 15.3. The van der Waals surface area contributed by atoms with Gasteiger partial charge in [-0.15, -0.1) is 0 Å². The second-order valence-corrected chi connectivity index (χ2v) is 4.57. The Labute approximate surface area is 116 Å². The van der Waals surface area contributed by atoms with Gasteiger partial charge in [-0.25, -0.2) is 4.98 Å². The number of hydrogen-bond acceptors (Lipinski definition) is 4. The van der Waals surface area contributed by atoms with E-state index < -0.39 is 11.9 Å². The fourth-order valence-electron chi connectivity index (χ4n) is 1.85. The predicted molar refractivity (Wildman–Crippen MR) is 72.6 cm³/mol. The molecule has 0 aliphatic rings. The third-order valence-corrected chi connectivity index (χ3v) is 3.17. The molecular weight excluding hydrogens is 271 g/mol. The van der Waals surface area contributed by atoms with Crippen molar-refractivity contribution >= 4 is 11.4 Å². The lowest BCUT2D eigenvalue weighted by atomic mass is 10.1. The molecule has 1 aromatic heterocycles. The van der Waals surface area contributed by atoms with E-state index in [1.54, 1.807) is 7.11 Å². The molecule has 114 valence electrons. The van der Waals surface area contributed by atoms with Crippen LogP contribution in [0.5, 0.6) is 0 Å². The Morgan fingerprint density at radius 3 is 2.60 bits per heavy atom. The van der Waals surface area contributed by atoms with Gasteiger partial charge in [0.2, 0.25) is 0 Å². The van der Waals surface area contributed by atoms with Crippen LogP contribution in [0.1, 0.15) is 26.0 Å². The molecule has 1 rings (SSSR count). The normalized spacial score (nSPS) is 13.3. The maximum atomic E-state index is 12.8. The van der Waals surface area contributed by atoms with Gasteiger partial charge in [-0.05, 0) is 19.4 Å². The van der Waals surface area contributed by atoms with E-state index in [0.717, 1.165) is 18.7 Å². The highest BCUT2D eigenvalue weighted by atomic mass is 19.4. The quantitative estimate of drug-likeness (QED) is 0.875. The van der Waals surface area contributed by atoms with Crippen LogP contribution in [0.15, 0.2) is 12.3 Å². The van der Waals surface area contributed by atoms with E-state index in [0.29, 0.717) is 18.8 Å². The first-order chi connectivity index (χ1) is 9.31. The Morgan fingerprint density at radius 1 is 1.45 bits per heavy atom. The number of aromatic nitrogens is 1. The molecule has 20 heavy (non-hydrogen) atoms. The summed E-state index contributed by atoms with van der Waals surface area (Å²) in [6.07, 6.45) is -2.64. The van der Waals surface area contributed by atoms with Crippen LogP contribution < -0.4 is 10.6 Å². The van der Waals surface area contributed by atoms with Gasteiger partial charge in [0.15, 0.2) is 0 Å². The number of nitrogens with two attached hydrogens (primary N) is 1.